The van der Waals surface area contributed by atoms with Gasteiger partial charge in [-0.15, -0.1) is 0 Å². The van der Waals surface area contributed by atoms with Crippen molar-refractivity contribution in [1.82, 2.24) is 9.80 Å². The molecule has 0 radical (unpaired) electrons. The third kappa shape index (κ3) is 3.26. The summed E-state index contributed by atoms with van der Waals surface area (Å²) >= 11 is 0. The molecule has 2 aromatic carbocycles. The van der Waals surface area contributed by atoms with Gasteiger partial charge in [0.25, 0.3) is 5.91 Å². The van der Waals surface area contributed by atoms with E-state index in [0.29, 0.717) is 24.4 Å². The van der Waals surface area contributed by atoms with E-state index >= 15 is 0 Å². The van der Waals surface area contributed by atoms with Crippen molar-refractivity contribution in [2.24, 2.45) is 0 Å². The Morgan fingerprint density at radius 3 is 2.54 bits per heavy atom. The summed E-state index contributed by atoms with van der Waals surface area (Å²) in [6.45, 7) is 1.99. The fourth-order valence-electron chi connectivity index (χ4n) is 3.09. The van der Waals surface area contributed by atoms with Crippen molar-refractivity contribution in [1.29, 1.82) is 0 Å². The summed E-state index contributed by atoms with van der Waals surface area (Å²) in [5, 5.41) is 0. The van der Waals surface area contributed by atoms with E-state index in [-0.39, 0.29) is 17.8 Å². The summed E-state index contributed by atoms with van der Waals surface area (Å²) in [5.74, 6) is 0.298. The van der Waals surface area contributed by atoms with Crippen LogP contribution in [0.4, 0.5) is 4.39 Å². The molecule has 1 fully saturated rings. The fourth-order valence-corrected chi connectivity index (χ4v) is 3.09. The molecule has 126 valence electrons. The minimum absolute atomic E-state index is 0.0346. The molecule has 0 bridgehead atoms. The number of para-hydroxylation sites is 1. The Kier molecular flexibility index (Phi) is 4.81. The number of ether oxygens (including phenoxy) is 1. The molecule has 0 saturated carbocycles. The van der Waals surface area contributed by atoms with Gasteiger partial charge in [0.2, 0.25) is 0 Å². The number of benzene rings is 2. The summed E-state index contributed by atoms with van der Waals surface area (Å²) in [7, 11) is 3.59. The molecule has 1 aliphatic rings. The molecule has 4 nitrogen and oxygen atoms in total. The molecule has 24 heavy (non-hydrogen) atoms. The molecule has 0 aliphatic carbocycles. The quantitative estimate of drug-likeness (QED) is 0.868. The molecule has 0 aromatic heterocycles. The van der Waals surface area contributed by atoms with Crippen LogP contribution < -0.4 is 4.74 Å². The van der Waals surface area contributed by atoms with Gasteiger partial charge >= 0.3 is 0 Å². The van der Waals surface area contributed by atoms with Crippen molar-refractivity contribution >= 4 is 5.91 Å². The van der Waals surface area contributed by atoms with Gasteiger partial charge in [-0.1, -0.05) is 24.3 Å². The molecule has 3 rings (SSSR count). The summed E-state index contributed by atoms with van der Waals surface area (Å²) in [6.07, 6.45) is 0. The van der Waals surface area contributed by atoms with Crippen LogP contribution in [0, 0.1) is 5.82 Å². The van der Waals surface area contributed by atoms with E-state index in [2.05, 4.69) is 4.90 Å². The molecule has 1 unspecified atom stereocenters. The number of hydrogen-bond acceptors (Lipinski definition) is 3. The van der Waals surface area contributed by atoms with Crippen molar-refractivity contribution < 1.29 is 13.9 Å². The average molecular weight is 328 g/mol. The molecule has 1 saturated heterocycles. The Morgan fingerprint density at radius 1 is 1.12 bits per heavy atom. The predicted molar refractivity (Wildman–Crippen MR) is 90.7 cm³/mol. The summed E-state index contributed by atoms with van der Waals surface area (Å²) < 4.78 is 18.5. The van der Waals surface area contributed by atoms with E-state index in [4.69, 9.17) is 4.74 Å². The largest absolute Gasteiger partial charge is 0.496 e. The van der Waals surface area contributed by atoms with Crippen LogP contribution in [-0.4, -0.2) is 49.5 Å². The van der Waals surface area contributed by atoms with Crippen LogP contribution in [0.5, 0.6) is 5.75 Å². The fraction of sp³-hybridized carbons (Fsp3) is 0.316. The molecule has 5 heteroatoms. The lowest BCUT2D eigenvalue weighted by atomic mass is 10.0. The molecular formula is C19H21FN2O2. The first kappa shape index (κ1) is 16.5. The van der Waals surface area contributed by atoms with E-state index in [9.17, 15) is 9.18 Å². The highest BCUT2D eigenvalue weighted by Gasteiger charge is 2.29. The Hall–Kier alpha value is -2.40. The maximum atomic E-state index is 13.2. The second-order valence-electron chi connectivity index (χ2n) is 6.00. The molecule has 1 atom stereocenters. The van der Waals surface area contributed by atoms with Crippen LogP contribution in [0.15, 0.2) is 48.5 Å². The number of amides is 1. The third-order valence-electron chi connectivity index (χ3n) is 4.53. The lowest BCUT2D eigenvalue weighted by molar-refractivity contribution is 0.0543. The SMILES string of the molecule is COc1ccccc1C(=O)N1CCN(C)C(c2ccc(F)cc2)C1. The summed E-state index contributed by atoms with van der Waals surface area (Å²) in [5.41, 5.74) is 1.58. The molecule has 1 aliphatic heterocycles. The number of rotatable bonds is 3. The molecule has 1 heterocycles. The minimum atomic E-state index is -0.251. The van der Waals surface area contributed by atoms with E-state index in [1.165, 1.54) is 12.1 Å². The van der Waals surface area contributed by atoms with Gasteiger partial charge in [-0.25, -0.2) is 4.39 Å². The van der Waals surface area contributed by atoms with Gasteiger partial charge in [0, 0.05) is 19.6 Å². The molecular weight excluding hydrogens is 307 g/mol. The Bertz CT molecular complexity index is 718. The Labute approximate surface area is 141 Å². The highest BCUT2D eigenvalue weighted by Crippen LogP contribution is 2.27. The van der Waals surface area contributed by atoms with Gasteiger partial charge < -0.3 is 9.64 Å². The van der Waals surface area contributed by atoms with Crippen molar-refractivity contribution in [3.8, 4) is 5.75 Å². The number of piperazine rings is 1. The van der Waals surface area contributed by atoms with Gasteiger partial charge in [-0.3, -0.25) is 9.69 Å². The summed E-state index contributed by atoms with van der Waals surface area (Å²) in [4.78, 5) is 16.9. The predicted octanol–water partition coefficient (Wildman–Crippen LogP) is 2.96. The van der Waals surface area contributed by atoms with Crippen molar-refractivity contribution in [3.63, 3.8) is 0 Å². The highest BCUT2D eigenvalue weighted by atomic mass is 19.1. The minimum Gasteiger partial charge on any atom is -0.496 e. The second-order valence-corrected chi connectivity index (χ2v) is 6.00. The molecule has 0 spiro atoms. The first-order valence-corrected chi connectivity index (χ1v) is 7.98. The number of nitrogens with zero attached hydrogens (tertiary/aromatic N) is 2. The van der Waals surface area contributed by atoms with E-state index in [0.717, 1.165) is 12.1 Å². The van der Waals surface area contributed by atoms with Crippen LogP contribution in [0.2, 0.25) is 0 Å². The van der Waals surface area contributed by atoms with Gasteiger partial charge in [0.1, 0.15) is 11.6 Å². The molecule has 0 N–H and O–H groups in total. The third-order valence-corrected chi connectivity index (χ3v) is 4.53. The Morgan fingerprint density at radius 2 is 1.83 bits per heavy atom. The van der Waals surface area contributed by atoms with Crippen LogP contribution in [0.25, 0.3) is 0 Å². The van der Waals surface area contributed by atoms with Gasteiger partial charge in [-0.05, 0) is 36.9 Å². The van der Waals surface area contributed by atoms with Crippen molar-refractivity contribution in [3.05, 3.63) is 65.5 Å². The monoisotopic (exact) mass is 328 g/mol. The lowest BCUT2D eigenvalue weighted by Gasteiger charge is -2.39. The van der Waals surface area contributed by atoms with E-state index in [1.54, 1.807) is 31.4 Å². The number of carbonyl (C=O) groups is 1. The molecule has 1 amide bonds. The first-order chi connectivity index (χ1) is 11.6. The maximum Gasteiger partial charge on any atom is 0.257 e. The van der Waals surface area contributed by atoms with Crippen molar-refractivity contribution in [2.45, 2.75) is 6.04 Å². The Balaban J connectivity index is 1.82. The number of hydrogen-bond donors (Lipinski definition) is 0. The zero-order chi connectivity index (χ0) is 17.1. The summed E-state index contributed by atoms with van der Waals surface area (Å²) in [6, 6.07) is 13.8. The zero-order valence-corrected chi connectivity index (χ0v) is 13.9. The van der Waals surface area contributed by atoms with Gasteiger partial charge in [0.15, 0.2) is 0 Å². The van der Waals surface area contributed by atoms with Gasteiger partial charge in [-0.2, -0.15) is 0 Å². The standard InChI is InChI=1S/C19H21FN2O2/c1-21-11-12-22(13-17(21)14-7-9-15(20)10-8-14)19(23)16-5-3-4-6-18(16)24-2/h3-10,17H,11-13H2,1-2H3. The topological polar surface area (TPSA) is 32.8 Å². The lowest BCUT2D eigenvalue weighted by Crippen LogP contribution is -2.49. The van der Waals surface area contributed by atoms with Crippen LogP contribution in [0.3, 0.4) is 0 Å². The smallest absolute Gasteiger partial charge is 0.257 e. The maximum absolute atomic E-state index is 13.2. The van der Waals surface area contributed by atoms with E-state index < -0.39 is 0 Å². The number of methoxy groups -OCH3 is 1. The van der Waals surface area contributed by atoms with Gasteiger partial charge in [0.05, 0.1) is 18.7 Å². The number of carbonyl (C=O) groups excluding carboxylic acids is 1. The normalized spacial score (nSPS) is 18.5. The van der Waals surface area contributed by atoms with Crippen LogP contribution in [-0.2, 0) is 0 Å². The molecule has 2 aromatic rings. The van der Waals surface area contributed by atoms with Crippen LogP contribution in [0.1, 0.15) is 22.0 Å². The zero-order valence-electron chi connectivity index (χ0n) is 13.9. The average Bonchev–Trinajstić information content (AvgIpc) is 2.62. The van der Waals surface area contributed by atoms with E-state index in [1.807, 2.05) is 24.1 Å². The number of halogens is 1. The first-order valence-electron chi connectivity index (χ1n) is 7.98. The number of likely N-dealkylation sites (N-methyl/N-ethyl adjacent to an activating group) is 1. The van der Waals surface area contributed by atoms with Crippen LogP contribution >= 0.6 is 0 Å². The highest BCUT2D eigenvalue weighted by molar-refractivity contribution is 5.97. The van der Waals surface area contributed by atoms with Crippen molar-refractivity contribution in [2.75, 3.05) is 33.8 Å². The second kappa shape index (κ2) is 7.01.